The normalized spacial score (nSPS) is 19.6. The van der Waals surface area contributed by atoms with Crippen LogP contribution in [0.1, 0.15) is 49.0 Å². The highest BCUT2D eigenvalue weighted by atomic mass is 32.1. The van der Waals surface area contributed by atoms with Crippen LogP contribution in [0.15, 0.2) is 0 Å². The first-order chi connectivity index (χ1) is 7.30. The van der Waals surface area contributed by atoms with E-state index in [1.165, 1.54) is 37.1 Å². The number of aromatic nitrogens is 2. The van der Waals surface area contributed by atoms with Crippen molar-refractivity contribution in [1.82, 2.24) is 15.5 Å². The van der Waals surface area contributed by atoms with E-state index in [-0.39, 0.29) is 0 Å². The Morgan fingerprint density at radius 2 is 2.07 bits per heavy atom. The van der Waals surface area contributed by atoms with Gasteiger partial charge in [0.1, 0.15) is 10.0 Å². The van der Waals surface area contributed by atoms with Crippen molar-refractivity contribution in [3.63, 3.8) is 0 Å². The van der Waals surface area contributed by atoms with E-state index < -0.39 is 0 Å². The maximum absolute atomic E-state index is 4.39. The van der Waals surface area contributed by atoms with Gasteiger partial charge in [-0.2, -0.15) is 0 Å². The van der Waals surface area contributed by atoms with Gasteiger partial charge in [-0.1, -0.05) is 31.1 Å². The van der Waals surface area contributed by atoms with Crippen LogP contribution in [0.3, 0.4) is 0 Å². The molecule has 0 aromatic carbocycles. The van der Waals surface area contributed by atoms with Crippen LogP contribution in [0.2, 0.25) is 0 Å². The van der Waals surface area contributed by atoms with E-state index in [1.807, 2.05) is 7.05 Å². The number of nitrogens with zero attached hydrogens (tertiary/aromatic N) is 2. The molecule has 0 radical (unpaired) electrons. The highest BCUT2D eigenvalue weighted by molar-refractivity contribution is 7.11. The first-order valence-corrected chi connectivity index (χ1v) is 6.60. The second-order valence-corrected chi connectivity index (χ2v) is 5.43. The molecule has 15 heavy (non-hydrogen) atoms. The smallest absolute Gasteiger partial charge is 0.131 e. The Bertz CT molecular complexity index is 315. The molecule has 0 atom stereocenters. The SMILES string of the molecule is CCC1(c2nnc(CNC)s2)CCCC1. The monoisotopic (exact) mass is 225 g/mol. The standard InChI is InChI=1S/C11H19N3S/c1-3-11(6-4-5-7-11)10-14-13-9(15-10)8-12-2/h12H,3-8H2,1-2H3. The molecule has 1 fully saturated rings. The van der Waals surface area contributed by atoms with Crippen LogP contribution >= 0.6 is 11.3 Å². The predicted octanol–water partition coefficient (Wildman–Crippen LogP) is 2.48. The number of nitrogens with one attached hydrogen (secondary N) is 1. The first kappa shape index (κ1) is 11.0. The molecule has 1 aliphatic rings. The van der Waals surface area contributed by atoms with Crippen molar-refractivity contribution in [2.75, 3.05) is 7.05 Å². The van der Waals surface area contributed by atoms with Gasteiger partial charge in [-0.3, -0.25) is 0 Å². The molecule has 0 unspecified atom stereocenters. The highest BCUT2D eigenvalue weighted by Gasteiger charge is 2.36. The third kappa shape index (κ3) is 2.06. The van der Waals surface area contributed by atoms with Crippen LogP contribution in [0.5, 0.6) is 0 Å². The van der Waals surface area contributed by atoms with Crippen molar-refractivity contribution in [3.8, 4) is 0 Å². The van der Waals surface area contributed by atoms with Gasteiger partial charge in [0.15, 0.2) is 0 Å². The van der Waals surface area contributed by atoms with E-state index >= 15 is 0 Å². The zero-order valence-corrected chi connectivity index (χ0v) is 10.4. The molecule has 3 nitrogen and oxygen atoms in total. The minimum atomic E-state index is 0.365. The van der Waals surface area contributed by atoms with Crippen LogP contribution in [-0.4, -0.2) is 17.2 Å². The van der Waals surface area contributed by atoms with E-state index in [0.717, 1.165) is 11.6 Å². The summed E-state index contributed by atoms with van der Waals surface area (Å²) < 4.78 is 0. The molecule has 1 aromatic rings. The van der Waals surface area contributed by atoms with E-state index in [2.05, 4.69) is 22.4 Å². The Balaban J connectivity index is 2.19. The fourth-order valence-electron chi connectivity index (χ4n) is 2.46. The summed E-state index contributed by atoms with van der Waals surface area (Å²) in [7, 11) is 1.95. The average Bonchev–Trinajstić information content (AvgIpc) is 2.86. The molecular weight excluding hydrogens is 206 g/mol. The van der Waals surface area contributed by atoms with Crippen molar-refractivity contribution >= 4 is 11.3 Å². The zero-order chi connectivity index (χ0) is 10.7. The summed E-state index contributed by atoms with van der Waals surface area (Å²) in [6.07, 6.45) is 6.53. The lowest BCUT2D eigenvalue weighted by Crippen LogP contribution is -2.20. The summed E-state index contributed by atoms with van der Waals surface area (Å²) in [6, 6.07) is 0. The van der Waals surface area contributed by atoms with Crippen molar-refractivity contribution in [3.05, 3.63) is 10.0 Å². The summed E-state index contributed by atoms with van der Waals surface area (Å²) >= 11 is 1.79. The van der Waals surface area contributed by atoms with E-state index in [4.69, 9.17) is 0 Å². The summed E-state index contributed by atoms with van der Waals surface area (Å²) in [6.45, 7) is 3.13. The van der Waals surface area contributed by atoms with Gasteiger partial charge in [0, 0.05) is 12.0 Å². The van der Waals surface area contributed by atoms with Gasteiger partial charge < -0.3 is 5.32 Å². The van der Waals surface area contributed by atoms with Gasteiger partial charge in [-0.15, -0.1) is 10.2 Å². The fraction of sp³-hybridized carbons (Fsp3) is 0.818. The largest absolute Gasteiger partial charge is 0.313 e. The maximum atomic E-state index is 4.39. The molecule has 1 aliphatic carbocycles. The van der Waals surface area contributed by atoms with Gasteiger partial charge in [0.2, 0.25) is 0 Å². The molecule has 2 rings (SSSR count). The minimum absolute atomic E-state index is 0.365. The third-order valence-electron chi connectivity index (χ3n) is 3.49. The molecule has 1 heterocycles. The van der Waals surface area contributed by atoms with Gasteiger partial charge in [0.05, 0.1) is 0 Å². The molecule has 0 saturated heterocycles. The highest BCUT2D eigenvalue weighted by Crippen LogP contribution is 2.44. The average molecular weight is 225 g/mol. The lowest BCUT2D eigenvalue weighted by atomic mass is 9.84. The maximum Gasteiger partial charge on any atom is 0.131 e. The summed E-state index contributed by atoms with van der Waals surface area (Å²) in [4.78, 5) is 0. The molecule has 1 N–H and O–H groups in total. The second kappa shape index (κ2) is 4.58. The summed E-state index contributed by atoms with van der Waals surface area (Å²) in [5.74, 6) is 0. The lowest BCUT2D eigenvalue weighted by molar-refractivity contribution is 0.419. The number of hydrogen-bond donors (Lipinski definition) is 1. The van der Waals surface area contributed by atoms with Crippen molar-refractivity contribution < 1.29 is 0 Å². The Morgan fingerprint density at radius 1 is 1.33 bits per heavy atom. The summed E-state index contributed by atoms with van der Waals surface area (Å²) in [5.41, 5.74) is 0.365. The first-order valence-electron chi connectivity index (χ1n) is 5.78. The van der Waals surface area contributed by atoms with E-state index in [0.29, 0.717) is 5.41 Å². The van der Waals surface area contributed by atoms with Crippen molar-refractivity contribution in [2.45, 2.75) is 51.0 Å². The van der Waals surface area contributed by atoms with Gasteiger partial charge in [-0.25, -0.2) is 0 Å². The number of hydrogen-bond acceptors (Lipinski definition) is 4. The van der Waals surface area contributed by atoms with Crippen molar-refractivity contribution in [1.29, 1.82) is 0 Å². The van der Waals surface area contributed by atoms with Gasteiger partial charge in [-0.05, 0) is 26.3 Å². The lowest BCUT2D eigenvalue weighted by Gasteiger charge is -2.23. The van der Waals surface area contributed by atoms with Crippen molar-refractivity contribution in [2.24, 2.45) is 0 Å². The Kier molecular flexibility index (Phi) is 3.36. The van der Waals surface area contributed by atoms with Crippen LogP contribution < -0.4 is 5.32 Å². The molecular formula is C11H19N3S. The number of rotatable bonds is 4. The Hall–Kier alpha value is -0.480. The van der Waals surface area contributed by atoms with E-state index in [1.54, 1.807) is 11.3 Å². The summed E-state index contributed by atoms with van der Waals surface area (Å²) in [5, 5.41) is 14.2. The topological polar surface area (TPSA) is 37.8 Å². The molecule has 84 valence electrons. The molecule has 0 bridgehead atoms. The minimum Gasteiger partial charge on any atom is -0.313 e. The van der Waals surface area contributed by atoms with Crippen LogP contribution in [0.4, 0.5) is 0 Å². The quantitative estimate of drug-likeness (QED) is 0.855. The fourth-order valence-corrected chi connectivity index (χ4v) is 3.63. The Labute approximate surface area is 95.3 Å². The van der Waals surface area contributed by atoms with Gasteiger partial charge in [0.25, 0.3) is 0 Å². The van der Waals surface area contributed by atoms with Crippen LogP contribution in [0.25, 0.3) is 0 Å². The van der Waals surface area contributed by atoms with Gasteiger partial charge >= 0.3 is 0 Å². The van der Waals surface area contributed by atoms with Crippen LogP contribution in [0, 0.1) is 0 Å². The van der Waals surface area contributed by atoms with Crippen LogP contribution in [-0.2, 0) is 12.0 Å². The second-order valence-electron chi connectivity index (χ2n) is 4.37. The molecule has 1 aromatic heterocycles. The molecule has 1 saturated carbocycles. The third-order valence-corrected chi connectivity index (χ3v) is 4.66. The molecule has 0 aliphatic heterocycles. The molecule has 0 amide bonds. The van der Waals surface area contributed by atoms with E-state index in [9.17, 15) is 0 Å². The Morgan fingerprint density at radius 3 is 2.67 bits per heavy atom. The molecule has 0 spiro atoms. The molecule has 4 heteroatoms. The zero-order valence-electron chi connectivity index (χ0n) is 9.55. The predicted molar refractivity (Wildman–Crippen MR) is 63.1 cm³/mol.